The highest BCUT2D eigenvalue weighted by Gasteiger charge is 2.11. The number of nitrogens with zero attached hydrogens (tertiary/aromatic N) is 4. The molecule has 0 atom stereocenters. The van der Waals surface area contributed by atoms with Crippen molar-refractivity contribution in [1.29, 1.82) is 0 Å². The van der Waals surface area contributed by atoms with Crippen LogP contribution < -0.4 is 5.32 Å². The quantitative estimate of drug-likeness (QED) is 0.872. The van der Waals surface area contributed by atoms with Gasteiger partial charge < -0.3 is 9.73 Å². The largest absolute Gasteiger partial charge is 0.430 e. The number of aryl methyl sites for hydroxylation is 2. The van der Waals surface area contributed by atoms with Crippen molar-refractivity contribution in [1.82, 2.24) is 25.1 Å². The summed E-state index contributed by atoms with van der Waals surface area (Å²) in [5, 5.41) is 7.55. The smallest absolute Gasteiger partial charge is 0.324 e. The van der Waals surface area contributed by atoms with Crippen molar-refractivity contribution in [2.24, 2.45) is 5.92 Å². The van der Waals surface area contributed by atoms with Crippen LogP contribution in [0.2, 0.25) is 0 Å². The van der Waals surface area contributed by atoms with E-state index in [1.54, 1.807) is 10.9 Å². The molecule has 0 unspecified atom stereocenters. The fourth-order valence-electron chi connectivity index (χ4n) is 1.67. The van der Waals surface area contributed by atoms with Gasteiger partial charge in [-0.15, -0.1) is 5.10 Å². The van der Waals surface area contributed by atoms with Gasteiger partial charge in [-0.3, -0.25) is 0 Å². The van der Waals surface area contributed by atoms with E-state index in [-0.39, 0.29) is 0 Å². The van der Waals surface area contributed by atoms with Gasteiger partial charge in [-0.2, -0.15) is 9.67 Å². The van der Waals surface area contributed by atoms with E-state index in [0.717, 1.165) is 18.1 Å². The van der Waals surface area contributed by atoms with Gasteiger partial charge in [-0.25, -0.2) is 4.98 Å². The lowest BCUT2D eigenvalue weighted by Crippen LogP contribution is -2.19. The lowest BCUT2D eigenvalue weighted by Gasteiger charge is -2.04. The monoisotopic (exact) mass is 249 g/mol. The van der Waals surface area contributed by atoms with E-state index >= 15 is 0 Å². The Morgan fingerprint density at radius 3 is 2.72 bits per heavy atom. The molecule has 2 aromatic rings. The molecular formula is C12H19N5O. The van der Waals surface area contributed by atoms with Crippen molar-refractivity contribution in [3.63, 3.8) is 0 Å². The third-order valence-corrected chi connectivity index (χ3v) is 2.45. The predicted molar refractivity (Wildman–Crippen MR) is 67.4 cm³/mol. The van der Waals surface area contributed by atoms with Crippen molar-refractivity contribution in [2.45, 2.75) is 34.2 Å². The molecule has 0 aliphatic heterocycles. The minimum absolute atomic E-state index is 0.467. The molecule has 0 saturated heterocycles. The van der Waals surface area contributed by atoms with Crippen molar-refractivity contribution in [2.75, 3.05) is 6.54 Å². The Hall–Kier alpha value is -1.69. The molecule has 2 aromatic heterocycles. The maximum Gasteiger partial charge on any atom is 0.324 e. The van der Waals surface area contributed by atoms with Crippen LogP contribution in [0.1, 0.15) is 31.2 Å². The molecule has 0 aliphatic rings. The summed E-state index contributed by atoms with van der Waals surface area (Å²) < 4.78 is 7.02. The summed E-state index contributed by atoms with van der Waals surface area (Å²) in [6.45, 7) is 9.72. The van der Waals surface area contributed by atoms with E-state index < -0.39 is 0 Å². The zero-order valence-electron chi connectivity index (χ0n) is 11.3. The molecule has 0 saturated carbocycles. The second kappa shape index (κ2) is 5.30. The molecule has 0 fully saturated rings. The van der Waals surface area contributed by atoms with Gasteiger partial charge in [0.1, 0.15) is 17.9 Å². The zero-order chi connectivity index (χ0) is 13.1. The highest BCUT2D eigenvalue weighted by Crippen LogP contribution is 2.09. The van der Waals surface area contributed by atoms with Crippen LogP contribution in [-0.2, 0) is 6.54 Å². The first-order valence-electron chi connectivity index (χ1n) is 6.12. The van der Waals surface area contributed by atoms with Crippen LogP contribution >= 0.6 is 0 Å². The van der Waals surface area contributed by atoms with Crippen LogP contribution in [0.25, 0.3) is 6.01 Å². The van der Waals surface area contributed by atoms with E-state index in [0.29, 0.717) is 24.3 Å². The summed E-state index contributed by atoms with van der Waals surface area (Å²) in [5.41, 5.74) is 0.873. The van der Waals surface area contributed by atoms with Gasteiger partial charge in [0.25, 0.3) is 0 Å². The average molecular weight is 249 g/mol. The number of nitrogens with one attached hydrogen (secondary N) is 1. The van der Waals surface area contributed by atoms with E-state index in [9.17, 15) is 0 Å². The van der Waals surface area contributed by atoms with Crippen LogP contribution in [0.4, 0.5) is 0 Å². The lowest BCUT2D eigenvalue weighted by molar-refractivity contribution is 0.502. The van der Waals surface area contributed by atoms with Gasteiger partial charge in [0.15, 0.2) is 0 Å². The van der Waals surface area contributed by atoms with Gasteiger partial charge in [0.05, 0.1) is 5.69 Å². The molecule has 0 spiro atoms. The van der Waals surface area contributed by atoms with Crippen molar-refractivity contribution < 1.29 is 4.42 Å². The van der Waals surface area contributed by atoms with Gasteiger partial charge in [0, 0.05) is 6.54 Å². The Morgan fingerprint density at radius 1 is 1.33 bits per heavy atom. The average Bonchev–Trinajstić information content (AvgIpc) is 2.85. The lowest BCUT2D eigenvalue weighted by atomic mass is 10.2. The second-order valence-electron chi connectivity index (χ2n) is 4.76. The Morgan fingerprint density at radius 2 is 2.11 bits per heavy atom. The van der Waals surface area contributed by atoms with Crippen LogP contribution in [-0.4, -0.2) is 26.3 Å². The molecule has 18 heavy (non-hydrogen) atoms. The Kier molecular flexibility index (Phi) is 3.76. The molecule has 0 aromatic carbocycles. The molecule has 0 aliphatic carbocycles. The summed E-state index contributed by atoms with van der Waals surface area (Å²) >= 11 is 0. The zero-order valence-corrected chi connectivity index (χ0v) is 11.3. The standard InChI is InChI=1S/C12H19N5O/c1-8(2)5-13-6-11-7-18-12(15-11)17-10(4)14-9(3)16-17/h7-8,13H,5-6H2,1-4H3. The molecule has 0 radical (unpaired) electrons. The van der Waals surface area contributed by atoms with E-state index in [1.807, 2.05) is 13.8 Å². The molecule has 6 nitrogen and oxygen atoms in total. The SMILES string of the molecule is Cc1nc(C)n(-c2nc(CNCC(C)C)co2)n1. The number of oxazole rings is 1. The number of hydrogen-bond acceptors (Lipinski definition) is 5. The van der Waals surface area contributed by atoms with Gasteiger partial charge in [0.2, 0.25) is 0 Å². The van der Waals surface area contributed by atoms with Crippen molar-refractivity contribution in [3.8, 4) is 6.01 Å². The van der Waals surface area contributed by atoms with Crippen LogP contribution in [0.15, 0.2) is 10.7 Å². The van der Waals surface area contributed by atoms with Gasteiger partial charge in [-0.1, -0.05) is 13.8 Å². The summed E-state index contributed by atoms with van der Waals surface area (Å²) in [5.74, 6) is 2.11. The second-order valence-corrected chi connectivity index (χ2v) is 4.76. The Balaban J connectivity index is 2.04. The highest BCUT2D eigenvalue weighted by molar-refractivity contribution is 5.11. The summed E-state index contributed by atoms with van der Waals surface area (Å²) in [7, 11) is 0. The van der Waals surface area contributed by atoms with Crippen LogP contribution in [0, 0.1) is 19.8 Å². The molecule has 0 amide bonds. The Labute approximate surface area is 106 Å². The van der Waals surface area contributed by atoms with Crippen molar-refractivity contribution >= 4 is 0 Å². The number of rotatable bonds is 5. The first-order chi connectivity index (χ1) is 8.56. The first kappa shape index (κ1) is 12.8. The maximum absolute atomic E-state index is 5.41. The molecule has 0 bridgehead atoms. The highest BCUT2D eigenvalue weighted by atomic mass is 16.4. The van der Waals surface area contributed by atoms with E-state index in [1.165, 1.54) is 0 Å². The van der Waals surface area contributed by atoms with Crippen LogP contribution in [0.3, 0.4) is 0 Å². The topological polar surface area (TPSA) is 68.8 Å². The summed E-state index contributed by atoms with van der Waals surface area (Å²) in [4.78, 5) is 8.60. The third-order valence-electron chi connectivity index (χ3n) is 2.45. The van der Waals surface area contributed by atoms with E-state index in [2.05, 4.69) is 34.2 Å². The fraction of sp³-hybridized carbons (Fsp3) is 0.583. The molecular weight excluding hydrogens is 230 g/mol. The third kappa shape index (κ3) is 2.95. The fourth-order valence-corrected chi connectivity index (χ4v) is 1.67. The Bertz CT molecular complexity index is 514. The van der Waals surface area contributed by atoms with Gasteiger partial charge >= 0.3 is 6.01 Å². The maximum atomic E-state index is 5.41. The number of aromatic nitrogens is 4. The number of hydrogen-bond donors (Lipinski definition) is 1. The molecule has 2 heterocycles. The van der Waals surface area contributed by atoms with Crippen LogP contribution in [0.5, 0.6) is 0 Å². The molecule has 1 N–H and O–H groups in total. The van der Waals surface area contributed by atoms with Crippen molar-refractivity contribution in [3.05, 3.63) is 23.6 Å². The normalized spacial score (nSPS) is 11.4. The predicted octanol–water partition coefficient (Wildman–Crippen LogP) is 1.62. The van der Waals surface area contributed by atoms with E-state index in [4.69, 9.17) is 4.42 Å². The molecule has 6 heteroatoms. The molecule has 2 rings (SSSR count). The summed E-state index contributed by atoms with van der Waals surface area (Å²) in [6.07, 6.45) is 1.65. The van der Waals surface area contributed by atoms with Gasteiger partial charge in [-0.05, 0) is 26.3 Å². The first-order valence-corrected chi connectivity index (χ1v) is 6.12. The minimum atomic E-state index is 0.467. The molecule has 98 valence electrons. The minimum Gasteiger partial charge on any atom is -0.430 e. The summed E-state index contributed by atoms with van der Waals surface area (Å²) in [6, 6.07) is 0.467.